The van der Waals surface area contributed by atoms with Crippen molar-refractivity contribution >= 4 is 29.3 Å². The molecule has 0 amide bonds. The van der Waals surface area contributed by atoms with Gasteiger partial charge < -0.3 is 9.84 Å². The van der Waals surface area contributed by atoms with Crippen molar-refractivity contribution in [3.05, 3.63) is 63.9 Å². The third kappa shape index (κ3) is 5.71. The smallest absolute Gasteiger partial charge is 0.417 e. The fraction of sp³-hybridized carbons (Fsp3) is 0.250. The summed E-state index contributed by atoms with van der Waals surface area (Å²) in [5, 5.41) is 16.9. The molecule has 0 fully saturated rings. The number of halogens is 4. The first-order valence-electron chi connectivity index (χ1n) is 8.92. The maximum atomic E-state index is 13.1. The standard InChI is InChI=1S/C20H17ClF3N3O3S/c1-11-7-14(4-6-18(11)30-9-19(28)29)31-10-17-12(2)25-27(26-17)13-3-5-16(21)15(8-13)20(22,23)24/h3-8H,9-10H2,1-2H3,(H,28,29). The Morgan fingerprint density at radius 3 is 2.58 bits per heavy atom. The lowest BCUT2D eigenvalue weighted by Crippen LogP contribution is -2.09. The van der Waals surface area contributed by atoms with Gasteiger partial charge in [0.2, 0.25) is 0 Å². The molecule has 0 aliphatic rings. The third-order valence-corrected chi connectivity index (χ3v) is 5.57. The number of nitrogens with zero attached hydrogens (tertiary/aromatic N) is 3. The summed E-state index contributed by atoms with van der Waals surface area (Å²) >= 11 is 7.13. The van der Waals surface area contributed by atoms with Gasteiger partial charge in [0, 0.05) is 10.6 Å². The van der Waals surface area contributed by atoms with E-state index in [-0.39, 0.29) is 10.7 Å². The second-order valence-corrected chi connectivity index (χ2v) is 8.04. The summed E-state index contributed by atoms with van der Waals surface area (Å²) < 4.78 is 44.5. The highest BCUT2D eigenvalue weighted by atomic mass is 35.5. The zero-order valence-corrected chi connectivity index (χ0v) is 18.0. The lowest BCUT2D eigenvalue weighted by Gasteiger charge is -2.10. The second-order valence-electron chi connectivity index (χ2n) is 6.58. The van der Waals surface area contributed by atoms with E-state index >= 15 is 0 Å². The van der Waals surface area contributed by atoms with E-state index in [9.17, 15) is 18.0 Å². The van der Waals surface area contributed by atoms with E-state index in [1.165, 1.54) is 23.9 Å². The topological polar surface area (TPSA) is 77.2 Å². The highest BCUT2D eigenvalue weighted by Crippen LogP contribution is 2.36. The van der Waals surface area contributed by atoms with Crippen LogP contribution in [0.15, 0.2) is 41.3 Å². The van der Waals surface area contributed by atoms with Crippen molar-refractivity contribution in [2.24, 2.45) is 0 Å². The van der Waals surface area contributed by atoms with Gasteiger partial charge in [-0.25, -0.2) is 4.79 Å². The number of aryl methyl sites for hydroxylation is 2. The maximum Gasteiger partial charge on any atom is 0.417 e. The number of thioether (sulfide) groups is 1. The van der Waals surface area contributed by atoms with Crippen molar-refractivity contribution in [2.75, 3.05) is 6.61 Å². The van der Waals surface area contributed by atoms with Crippen molar-refractivity contribution < 1.29 is 27.8 Å². The molecular formula is C20H17ClF3N3O3S. The molecule has 6 nitrogen and oxygen atoms in total. The van der Waals surface area contributed by atoms with E-state index in [0.29, 0.717) is 22.9 Å². The summed E-state index contributed by atoms with van der Waals surface area (Å²) in [6.07, 6.45) is -4.58. The van der Waals surface area contributed by atoms with Crippen molar-refractivity contribution in [1.82, 2.24) is 15.0 Å². The van der Waals surface area contributed by atoms with Gasteiger partial charge in [-0.3, -0.25) is 0 Å². The van der Waals surface area contributed by atoms with Gasteiger partial charge in [-0.1, -0.05) is 11.6 Å². The minimum atomic E-state index is -4.58. The Hall–Kier alpha value is -2.72. The number of carboxylic acids is 1. The Labute approximate surface area is 185 Å². The number of rotatable bonds is 7. The fourth-order valence-corrected chi connectivity index (χ4v) is 3.90. The summed E-state index contributed by atoms with van der Waals surface area (Å²) in [7, 11) is 0. The molecular weight excluding hydrogens is 455 g/mol. The number of hydrogen-bond acceptors (Lipinski definition) is 5. The van der Waals surface area contributed by atoms with Crippen LogP contribution in [-0.4, -0.2) is 32.7 Å². The van der Waals surface area contributed by atoms with E-state index in [1.807, 2.05) is 13.0 Å². The molecule has 1 heterocycles. The summed E-state index contributed by atoms with van der Waals surface area (Å²) in [5.41, 5.74) is 1.21. The van der Waals surface area contributed by atoms with Crippen LogP contribution in [0.1, 0.15) is 22.5 Å². The number of benzene rings is 2. The van der Waals surface area contributed by atoms with Crippen LogP contribution in [0.2, 0.25) is 5.02 Å². The van der Waals surface area contributed by atoms with Gasteiger partial charge in [-0.05, 0) is 55.8 Å². The molecule has 1 N–H and O–H groups in total. The summed E-state index contributed by atoms with van der Waals surface area (Å²) in [5.74, 6) is -0.128. The average molecular weight is 472 g/mol. The van der Waals surface area contributed by atoms with Crippen LogP contribution in [0.4, 0.5) is 13.2 Å². The minimum Gasteiger partial charge on any atom is -0.482 e. The van der Waals surface area contributed by atoms with E-state index in [0.717, 1.165) is 21.3 Å². The molecule has 2 aromatic carbocycles. The van der Waals surface area contributed by atoms with Crippen LogP contribution in [0.5, 0.6) is 5.75 Å². The number of aliphatic carboxylic acids is 1. The summed E-state index contributed by atoms with van der Waals surface area (Å²) in [6.45, 7) is 3.12. The molecule has 0 saturated heterocycles. The van der Waals surface area contributed by atoms with Crippen LogP contribution in [0.25, 0.3) is 5.69 Å². The second kappa shape index (κ2) is 9.19. The predicted octanol–water partition coefficient (Wildman–Crippen LogP) is 5.31. The molecule has 3 aromatic rings. The number of aromatic nitrogens is 3. The molecule has 0 radical (unpaired) electrons. The van der Waals surface area contributed by atoms with Crippen LogP contribution >= 0.6 is 23.4 Å². The molecule has 0 aliphatic heterocycles. The number of carboxylic acid groups (broad SMARTS) is 1. The van der Waals surface area contributed by atoms with Crippen molar-refractivity contribution in [2.45, 2.75) is 30.7 Å². The van der Waals surface area contributed by atoms with Gasteiger partial charge in [0.15, 0.2) is 6.61 Å². The Balaban J connectivity index is 1.74. The lowest BCUT2D eigenvalue weighted by molar-refractivity contribution is -0.139. The zero-order chi connectivity index (χ0) is 22.8. The molecule has 0 unspecified atom stereocenters. The number of hydrogen-bond donors (Lipinski definition) is 1. The van der Waals surface area contributed by atoms with E-state index in [4.69, 9.17) is 21.4 Å². The zero-order valence-electron chi connectivity index (χ0n) is 16.4. The Kier molecular flexibility index (Phi) is 6.80. The number of ether oxygens (including phenoxy) is 1. The molecule has 164 valence electrons. The van der Waals surface area contributed by atoms with Crippen LogP contribution < -0.4 is 4.74 Å². The molecule has 3 rings (SSSR count). The SMILES string of the molecule is Cc1cc(SCc2nn(-c3ccc(Cl)c(C(F)(F)F)c3)nc2C)ccc1OCC(=O)O. The van der Waals surface area contributed by atoms with Gasteiger partial charge in [0.1, 0.15) is 5.75 Å². The Morgan fingerprint density at radius 2 is 1.94 bits per heavy atom. The monoisotopic (exact) mass is 471 g/mol. The fourth-order valence-electron chi connectivity index (χ4n) is 2.68. The first-order chi connectivity index (χ1) is 14.5. The van der Waals surface area contributed by atoms with Gasteiger partial charge in [-0.15, -0.1) is 11.8 Å². The van der Waals surface area contributed by atoms with Crippen LogP contribution in [-0.2, 0) is 16.7 Å². The number of carbonyl (C=O) groups is 1. The maximum absolute atomic E-state index is 13.1. The molecule has 1 aromatic heterocycles. The number of alkyl halides is 3. The predicted molar refractivity (Wildman–Crippen MR) is 110 cm³/mol. The average Bonchev–Trinajstić information content (AvgIpc) is 3.05. The Bertz CT molecular complexity index is 1120. The normalized spacial score (nSPS) is 11.5. The summed E-state index contributed by atoms with van der Waals surface area (Å²) in [4.78, 5) is 12.7. The Morgan fingerprint density at radius 1 is 1.19 bits per heavy atom. The van der Waals surface area contributed by atoms with Crippen molar-refractivity contribution in [1.29, 1.82) is 0 Å². The highest BCUT2D eigenvalue weighted by molar-refractivity contribution is 7.98. The van der Waals surface area contributed by atoms with E-state index < -0.39 is 24.3 Å². The van der Waals surface area contributed by atoms with Crippen LogP contribution in [0.3, 0.4) is 0 Å². The molecule has 11 heteroatoms. The molecule has 0 saturated carbocycles. The largest absolute Gasteiger partial charge is 0.482 e. The van der Waals surface area contributed by atoms with Gasteiger partial charge >= 0.3 is 12.1 Å². The lowest BCUT2D eigenvalue weighted by atomic mass is 10.2. The quantitative estimate of drug-likeness (QED) is 0.470. The molecule has 0 aliphatic carbocycles. The first-order valence-corrected chi connectivity index (χ1v) is 10.3. The van der Waals surface area contributed by atoms with Crippen molar-refractivity contribution in [3.63, 3.8) is 0 Å². The van der Waals surface area contributed by atoms with E-state index in [1.54, 1.807) is 19.1 Å². The first kappa shape index (κ1) is 23.0. The molecule has 31 heavy (non-hydrogen) atoms. The molecule has 0 bridgehead atoms. The van der Waals surface area contributed by atoms with Gasteiger partial charge in [0.25, 0.3) is 0 Å². The molecule has 0 atom stereocenters. The molecule has 0 spiro atoms. The van der Waals surface area contributed by atoms with E-state index in [2.05, 4.69) is 10.2 Å². The van der Waals surface area contributed by atoms with Crippen LogP contribution in [0, 0.1) is 13.8 Å². The minimum absolute atomic E-state index is 0.159. The van der Waals surface area contributed by atoms with Gasteiger partial charge in [-0.2, -0.15) is 28.2 Å². The highest BCUT2D eigenvalue weighted by Gasteiger charge is 2.33. The summed E-state index contributed by atoms with van der Waals surface area (Å²) in [6, 6.07) is 8.85. The van der Waals surface area contributed by atoms with Crippen molar-refractivity contribution in [3.8, 4) is 11.4 Å². The van der Waals surface area contributed by atoms with Gasteiger partial charge in [0.05, 0.1) is 27.7 Å². The third-order valence-electron chi connectivity index (χ3n) is 4.24.